The molecule has 0 bridgehead atoms. The first-order valence-electron chi connectivity index (χ1n) is 9.36. The number of halogens is 1. The van der Waals surface area contributed by atoms with Gasteiger partial charge in [0.1, 0.15) is 17.3 Å². The number of hydrogen-bond donors (Lipinski definition) is 2. The second-order valence-corrected chi connectivity index (χ2v) is 7.07. The second kappa shape index (κ2) is 7.80. The number of hydrogen-bond acceptors (Lipinski definition) is 3. The van der Waals surface area contributed by atoms with E-state index in [1.165, 1.54) is 18.2 Å². The van der Waals surface area contributed by atoms with Crippen molar-refractivity contribution in [2.24, 2.45) is 0 Å². The Labute approximate surface area is 161 Å². The Bertz CT molecular complexity index is 1020. The Morgan fingerprint density at radius 2 is 2.00 bits per heavy atom. The molecular formula is C21H21FN4O2. The van der Waals surface area contributed by atoms with Gasteiger partial charge >= 0.3 is 0 Å². The van der Waals surface area contributed by atoms with Crippen molar-refractivity contribution < 1.29 is 9.18 Å². The van der Waals surface area contributed by atoms with E-state index in [1.807, 2.05) is 4.90 Å². The van der Waals surface area contributed by atoms with Crippen LogP contribution in [0, 0.1) is 5.82 Å². The predicted octanol–water partition coefficient (Wildman–Crippen LogP) is 2.85. The molecule has 1 fully saturated rings. The predicted molar refractivity (Wildman–Crippen MR) is 103 cm³/mol. The quantitative estimate of drug-likeness (QED) is 0.730. The molecule has 0 unspecified atom stereocenters. The van der Waals surface area contributed by atoms with Crippen LogP contribution in [-0.2, 0) is 6.42 Å². The van der Waals surface area contributed by atoms with Crippen molar-refractivity contribution >= 4 is 5.91 Å². The monoisotopic (exact) mass is 380 g/mol. The summed E-state index contributed by atoms with van der Waals surface area (Å²) in [5.41, 5.74) is 1.88. The molecule has 3 heterocycles. The van der Waals surface area contributed by atoms with Gasteiger partial charge in [-0.25, -0.2) is 9.37 Å². The maximum atomic E-state index is 13.4. The van der Waals surface area contributed by atoms with E-state index >= 15 is 0 Å². The van der Waals surface area contributed by atoms with Gasteiger partial charge in [-0.2, -0.15) is 0 Å². The number of rotatable bonds is 4. The number of nitrogens with one attached hydrogen (secondary N) is 2. The molecule has 144 valence electrons. The van der Waals surface area contributed by atoms with E-state index in [2.05, 4.69) is 15.0 Å². The standard InChI is InChI=1S/C21H21FN4O2/c22-16-4-1-3-14(11-16)12-19-24-18(13-20(27)25-19)15-6-9-26(10-7-15)21(28)17-5-2-8-23-17/h1-5,8,11,13,15,23H,6-7,9-10,12H2,(H,24,25,27). The third kappa shape index (κ3) is 4.03. The average molecular weight is 380 g/mol. The van der Waals surface area contributed by atoms with Crippen molar-refractivity contribution in [3.05, 3.63) is 87.6 Å². The lowest BCUT2D eigenvalue weighted by molar-refractivity contribution is 0.0706. The molecule has 0 radical (unpaired) electrons. The van der Waals surface area contributed by atoms with Crippen LogP contribution in [0.25, 0.3) is 0 Å². The van der Waals surface area contributed by atoms with Crippen LogP contribution in [0.2, 0.25) is 0 Å². The van der Waals surface area contributed by atoms with Crippen LogP contribution in [0.3, 0.4) is 0 Å². The van der Waals surface area contributed by atoms with E-state index in [1.54, 1.807) is 30.5 Å². The first-order valence-corrected chi connectivity index (χ1v) is 9.36. The smallest absolute Gasteiger partial charge is 0.270 e. The molecule has 1 aliphatic rings. The number of aromatic amines is 2. The number of nitrogens with zero attached hydrogens (tertiary/aromatic N) is 2. The Balaban J connectivity index is 1.46. The Morgan fingerprint density at radius 1 is 1.18 bits per heavy atom. The summed E-state index contributed by atoms with van der Waals surface area (Å²) in [5.74, 6) is 0.337. The van der Waals surface area contributed by atoms with Crippen molar-refractivity contribution in [1.82, 2.24) is 19.9 Å². The van der Waals surface area contributed by atoms with Crippen molar-refractivity contribution in [2.45, 2.75) is 25.2 Å². The molecule has 3 aromatic rings. The highest BCUT2D eigenvalue weighted by Crippen LogP contribution is 2.27. The van der Waals surface area contributed by atoms with Gasteiger partial charge in [-0.05, 0) is 42.7 Å². The van der Waals surface area contributed by atoms with Crippen molar-refractivity contribution in [3.8, 4) is 0 Å². The van der Waals surface area contributed by atoms with E-state index in [0.29, 0.717) is 31.0 Å². The number of likely N-dealkylation sites (tertiary alicyclic amines) is 1. The molecule has 1 saturated heterocycles. The third-order valence-corrected chi connectivity index (χ3v) is 5.10. The summed E-state index contributed by atoms with van der Waals surface area (Å²) >= 11 is 0. The van der Waals surface area contributed by atoms with E-state index in [9.17, 15) is 14.0 Å². The second-order valence-electron chi connectivity index (χ2n) is 7.07. The molecule has 6 nitrogen and oxygen atoms in total. The molecule has 4 rings (SSSR count). The molecule has 2 N–H and O–H groups in total. The zero-order chi connectivity index (χ0) is 19.5. The molecule has 2 aromatic heterocycles. The lowest BCUT2D eigenvalue weighted by atomic mass is 9.93. The van der Waals surface area contributed by atoms with Gasteiger partial charge in [-0.1, -0.05) is 12.1 Å². The van der Waals surface area contributed by atoms with Gasteiger partial charge in [0.2, 0.25) is 0 Å². The van der Waals surface area contributed by atoms with Gasteiger partial charge in [-0.3, -0.25) is 9.59 Å². The van der Waals surface area contributed by atoms with Gasteiger partial charge in [0.15, 0.2) is 0 Å². The number of carbonyl (C=O) groups is 1. The molecule has 0 spiro atoms. The number of benzene rings is 1. The molecule has 28 heavy (non-hydrogen) atoms. The summed E-state index contributed by atoms with van der Waals surface area (Å²) in [6.07, 6.45) is 3.61. The van der Waals surface area contributed by atoms with Gasteiger partial charge in [0, 0.05) is 37.7 Å². The highest BCUT2D eigenvalue weighted by molar-refractivity contribution is 5.92. The molecule has 1 amide bonds. The zero-order valence-corrected chi connectivity index (χ0v) is 15.3. The number of H-pyrrole nitrogens is 2. The minimum Gasteiger partial charge on any atom is -0.357 e. The number of carbonyl (C=O) groups excluding carboxylic acids is 1. The largest absolute Gasteiger partial charge is 0.357 e. The highest BCUT2D eigenvalue weighted by Gasteiger charge is 2.26. The number of piperidine rings is 1. The van der Waals surface area contributed by atoms with Crippen molar-refractivity contribution in [2.75, 3.05) is 13.1 Å². The van der Waals surface area contributed by atoms with Gasteiger partial charge in [0.05, 0.1) is 5.69 Å². The summed E-state index contributed by atoms with van der Waals surface area (Å²) in [5, 5.41) is 0. The fourth-order valence-electron chi connectivity index (χ4n) is 3.67. The van der Waals surface area contributed by atoms with Crippen molar-refractivity contribution in [3.63, 3.8) is 0 Å². The van der Waals surface area contributed by atoms with Crippen LogP contribution in [0.1, 0.15) is 46.3 Å². The van der Waals surface area contributed by atoms with Crippen LogP contribution in [0.15, 0.2) is 53.5 Å². The summed E-state index contributed by atoms with van der Waals surface area (Å²) in [6.45, 7) is 1.24. The maximum Gasteiger partial charge on any atom is 0.270 e. The van der Waals surface area contributed by atoms with E-state index < -0.39 is 0 Å². The molecule has 0 saturated carbocycles. The minimum atomic E-state index is -0.310. The SMILES string of the molecule is O=C(c1ccc[nH]1)N1CCC(c2cc(=O)[nH]c(Cc3cccc(F)c3)n2)CC1. The lowest BCUT2D eigenvalue weighted by Gasteiger charge is -2.31. The van der Waals surface area contributed by atoms with E-state index in [0.717, 1.165) is 24.1 Å². The lowest BCUT2D eigenvalue weighted by Crippen LogP contribution is -2.38. The Kier molecular flexibility index (Phi) is 5.06. The molecule has 7 heteroatoms. The summed E-state index contributed by atoms with van der Waals surface area (Å²) in [4.78, 5) is 36.7. The minimum absolute atomic E-state index is 0.00545. The zero-order valence-electron chi connectivity index (χ0n) is 15.3. The van der Waals surface area contributed by atoms with E-state index in [-0.39, 0.29) is 23.2 Å². The third-order valence-electron chi connectivity index (χ3n) is 5.10. The highest BCUT2D eigenvalue weighted by atomic mass is 19.1. The van der Waals surface area contributed by atoms with Crippen molar-refractivity contribution in [1.29, 1.82) is 0 Å². The molecule has 0 aliphatic carbocycles. The van der Waals surface area contributed by atoms with Crippen LogP contribution >= 0.6 is 0 Å². The van der Waals surface area contributed by atoms with Gasteiger partial charge in [0.25, 0.3) is 11.5 Å². The topological polar surface area (TPSA) is 81.9 Å². The molecule has 1 aliphatic heterocycles. The first kappa shape index (κ1) is 18.2. The summed E-state index contributed by atoms with van der Waals surface area (Å²) < 4.78 is 13.4. The normalized spacial score (nSPS) is 15.0. The Morgan fingerprint density at radius 3 is 2.71 bits per heavy atom. The number of aromatic nitrogens is 3. The van der Waals surface area contributed by atoms with Crippen LogP contribution in [-0.4, -0.2) is 38.8 Å². The molecular weight excluding hydrogens is 359 g/mol. The summed E-state index contributed by atoms with van der Waals surface area (Å²) in [6, 6.07) is 11.4. The maximum absolute atomic E-state index is 13.4. The van der Waals surface area contributed by atoms with Crippen LogP contribution < -0.4 is 5.56 Å². The fourth-order valence-corrected chi connectivity index (χ4v) is 3.67. The summed E-state index contributed by atoms with van der Waals surface area (Å²) in [7, 11) is 0. The van der Waals surface area contributed by atoms with Crippen LogP contribution in [0.5, 0.6) is 0 Å². The molecule has 0 atom stereocenters. The fraction of sp³-hybridized carbons (Fsp3) is 0.286. The van der Waals surface area contributed by atoms with E-state index in [4.69, 9.17) is 0 Å². The van der Waals surface area contributed by atoms with Gasteiger partial charge < -0.3 is 14.9 Å². The molecule has 1 aromatic carbocycles. The number of amides is 1. The van der Waals surface area contributed by atoms with Gasteiger partial charge in [-0.15, -0.1) is 0 Å². The average Bonchev–Trinajstić information content (AvgIpc) is 3.22. The van der Waals surface area contributed by atoms with Crippen LogP contribution in [0.4, 0.5) is 4.39 Å². The Hall–Kier alpha value is -3.22. The first-order chi connectivity index (χ1) is 13.6.